The first kappa shape index (κ1) is 15.7. The number of carboxylic acids is 1. The van der Waals surface area contributed by atoms with Gasteiger partial charge >= 0.3 is 5.97 Å². The third-order valence-electron chi connectivity index (χ3n) is 3.18. The molecule has 0 aliphatic heterocycles. The monoisotopic (exact) mass is 269 g/mol. The van der Waals surface area contributed by atoms with Crippen molar-refractivity contribution < 1.29 is 19.4 Å². The molecule has 0 fully saturated rings. The van der Waals surface area contributed by atoms with Crippen molar-refractivity contribution in [3.8, 4) is 0 Å². The summed E-state index contributed by atoms with van der Waals surface area (Å²) in [5.41, 5.74) is -0.000783. The number of hydrogen-bond donors (Lipinski definition) is 3. The predicted octanol–water partition coefficient (Wildman–Crippen LogP) is 2.43. The largest absolute Gasteiger partial charge is 0.475 e. The molecule has 1 aromatic rings. The Hall–Kier alpha value is -1.33. The third kappa shape index (κ3) is 4.36. The lowest BCUT2D eigenvalue weighted by Gasteiger charge is -2.33. The zero-order valence-electron chi connectivity index (χ0n) is 11.9. The lowest BCUT2D eigenvalue weighted by molar-refractivity contribution is 0.0658. The number of carboxylic acid groups (broad SMARTS) is 1. The molecule has 1 aromatic heterocycles. The van der Waals surface area contributed by atoms with Crippen LogP contribution in [0.5, 0.6) is 0 Å². The van der Waals surface area contributed by atoms with E-state index >= 15 is 0 Å². The van der Waals surface area contributed by atoms with Crippen LogP contribution in [0.4, 0.5) is 0 Å². The summed E-state index contributed by atoms with van der Waals surface area (Å²) in [5, 5.41) is 21.3. The van der Waals surface area contributed by atoms with E-state index in [1.54, 1.807) is 6.07 Å². The Kier molecular flexibility index (Phi) is 5.14. The van der Waals surface area contributed by atoms with Crippen molar-refractivity contribution in [2.24, 2.45) is 5.41 Å². The Morgan fingerprint density at radius 3 is 2.47 bits per heavy atom. The topological polar surface area (TPSA) is 82.7 Å². The molecule has 108 valence electrons. The van der Waals surface area contributed by atoms with Crippen LogP contribution in [-0.2, 0) is 0 Å². The maximum atomic E-state index is 10.8. The molecule has 1 rings (SSSR count). The molecule has 2 atom stereocenters. The standard InChI is InChI=1S/C14H23NO4/c1-9(10-5-6-11(19-10)13(17)18)15-12(7-8-16)14(2,3)4/h5-6,9,12,15-16H,7-8H2,1-4H3,(H,17,18). The summed E-state index contributed by atoms with van der Waals surface area (Å²) in [5.74, 6) is -0.538. The number of carbonyl (C=O) groups is 1. The van der Waals surface area contributed by atoms with Gasteiger partial charge in [0.1, 0.15) is 5.76 Å². The zero-order chi connectivity index (χ0) is 14.6. The first-order valence-corrected chi connectivity index (χ1v) is 6.45. The van der Waals surface area contributed by atoms with Gasteiger partial charge in [0.25, 0.3) is 0 Å². The molecule has 0 aliphatic rings. The Morgan fingerprint density at radius 2 is 2.05 bits per heavy atom. The van der Waals surface area contributed by atoms with E-state index in [0.717, 1.165) is 0 Å². The van der Waals surface area contributed by atoms with Gasteiger partial charge in [0, 0.05) is 12.6 Å². The van der Waals surface area contributed by atoms with E-state index in [9.17, 15) is 4.79 Å². The van der Waals surface area contributed by atoms with Crippen molar-refractivity contribution in [1.82, 2.24) is 5.32 Å². The van der Waals surface area contributed by atoms with Crippen LogP contribution in [0.1, 0.15) is 56.5 Å². The Balaban J connectivity index is 2.75. The minimum Gasteiger partial charge on any atom is -0.475 e. The minimum atomic E-state index is -1.07. The highest BCUT2D eigenvalue weighted by molar-refractivity contribution is 5.84. The average molecular weight is 269 g/mol. The van der Waals surface area contributed by atoms with Gasteiger partial charge in [-0.3, -0.25) is 0 Å². The van der Waals surface area contributed by atoms with E-state index in [1.165, 1.54) is 6.07 Å². The summed E-state index contributed by atoms with van der Waals surface area (Å²) >= 11 is 0. The van der Waals surface area contributed by atoms with Crippen LogP contribution in [0.25, 0.3) is 0 Å². The van der Waals surface area contributed by atoms with Crippen LogP contribution in [0.3, 0.4) is 0 Å². The maximum Gasteiger partial charge on any atom is 0.371 e. The van der Waals surface area contributed by atoms with Crippen LogP contribution < -0.4 is 5.32 Å². The zero-order valence-corrected chi connectivity index (χ0v) is 11.9. The van der Waals surface area contributed by atoms with Gasteiger partial charge in [0.05, 0.1) is 6.04 Å². The van der Waals surface area contributed by atoms with Crippen LogP contribution >= 0.6 is 0 Å². The van der Waals surface area contributed by atoms with E-state index in [2.05, 4.69) is 26.1 Å². The van der Waals surface area contributed by atoms with E-state index in [0.29, 0.717) is 12.2 Å². The molecule has 1 heterocycles. The average Bonchev–Trinajstić information content (AvgIpc) is 2.76. The van der Waals surface area contributed by atoms with Gasteiger partial charge in [-0.05, 0) is 30.9 Å². The van der Waals surface area contributed by atoms with E-state index < -0.39 is 5.97 Å². The van der Waals surface area contributed by atoms with Crippen molar-refractivity contribution in [3.05, 3.63) is 23.7 Å². The van der Waals surface area contributed by atoms with Gasteiger partial charge < -0.3 is 19.9 Å². The molecule has 0 aliphatic carbocycles. The fourth-order valence-corrected chi connectivity index (χ4v) is 1.98. The fourth-order valence-electron chi connectivity index (χ4n) is 1.98. The van der Waals surface area contributed by atoms with Gasteiger partial charge in [0.15, 0.2) is 0 Å². The second-order valence-corrected chi connectivity index (χ2v) is 5.83. The summed E-state index contributed by atoms with van der Waals surface area (Å²) in [4.78, 5) is 10.8. The molecule has 0 saturated heterocycles. The first-order valence-electron chi connectivity index (χ1n) is 6.45. The highest BCUT2D eigenvalue weighted by atomic mass is 16.4. The van der Waals surface area contributed by atoms with Gasteiger partial charge in [0.2, 0.25) is 5.76 Å². The van der Waals surface area contributed by atoms with Crippen LogP contribution in [-0.4, -0.2) is 28.8 Å². The van der Waals surface area contributed by atoms with Gasteiger partial charge in [-0.1, -0.05) is 20.8 Å². The second kappa shape index (κ2) is 6.21. The minimum absolute atomic E-state index is 0.000783. The molecule has 5 nitrogen and oxygen atoms in total. The number of aliphatic hydroxyl groups is 1. The highest BCUT2D eigenvalue weighted by Gasteiger charge is 2.26. The predicted molar refractivity (Wildman–Crippen MR) is 72.2 cm³/mol. The quantitative estimate of drug-likeness (QED) is 0.738. The summed E-state index contributed by atoms with van der Waals surface area (Å²) in [7, 11) is 0. The number of furan rings is 1. The Labute approximate surface area is 113 Å². The van der Waals surface area contributed by atoms with Gasteiger partial charge in [-0.25, -0.2) is 4.79 Å². The first-order chi connectivity index (χ1) is 8.75. The molecule has 3 N–H and O–H groups in total. The normalized spacial score (nSPS) is 15.2. The fraction of sp³-hybridized carbons (Fsp3) is 0.643. The summed E-state index contributed by atoms with van der Waals surface area (Å²) in [6.07, 6.45) is 0.639. The Morgan fingerprint density at radius 1 is 1.42 bits per heavy atom. The molecule has 0 radical (unpaired) electrons. The van der Waals surface area contributed by atoms with E-state index in [-0.39, 0.29) is 29.9 Å². The lowest BCUT2D eigenvalue weighted by atomic mass is 9.84. The number of nitrogens with one attached hydrogen (secondary N) is 1. The summed E-state index contributed by atoms with van der Waals surface area (Å²) in [6, 6.07) is 3.13. The maximum absolute atomic E-state index is 10.8. The van der Waals surface area contributed by atoms with Crippen LogP contribution in [0, 0.1) is 5.41 Å². The van der Waals surface area contributed by atoms with Crippen molar-refractivity contribution in [3.63, 3.8) is 0 Å². The highest BCUT2D eigenvalue weighted by Crippen LogP contribution is 2.25. The summed E-state index contributed by atoms with van der Waals surface area (Å²) in [6.45, 7) is 8.31. The molecule has 0 spiro atoms. The number of rotatable bonds is 6. The van der Waals surface area contributed by atoms with Gasteiger partial charge in [-0.15, -0.1) is 0 Å². The lowest BCUT2D eigenvalue weighted by Crippen LogP contribution is -2.42. The number of hydrogen-bond acceptors (Lipinski definition) is 4. The van der Waals surface area contributed by atoms with Gasteiger partial charge in [-0.2, -0.15) is 0 Å². The molecule has 0 amide bonds. The number of aromatic carboxylic acids is 1. The smallest absolute Gasteiger partial charge is 0.371 e. The van der Waals surface area contributed by atoms with Crippen LogP contribution in [0.2, 0.25) is 0 Å². The molecule has 5 heteroatoms. The molecule has 19 heavy (non-hydrogen) atoms. The molecule has 0 aromatic carbocycles. The molecular weight excluding hydrogens is 246 g/mol. The number of aliphatic hydroxyl groups excluding tert-OH is 1. The molecule has 0 saturated carbocycles. The van der Waals surface area contributed by atoms with E-state index in [1.807, 2.05) is 6.92 Å². The summed E-state index contributed by atoms with van der Waals surface area (Å²) < 4.78 is 5.27. The SMILES string of the molecule is CC(NC(CCO)C(C)(C)C)c1ccc(C(=O)O)o1. The Bertz CT molecular complexity index is 419. The van der Waals surface area contributed by atoms with Crippen molar-refractivity contribution in [2.45, 2.75) is 46.2 Å². The van der Waals surface area contributed by atoms with Crippen molar-refractivity contribution in [2.75, 3.05) is 6.61 Å². The second-order valence-electron chi connectivity index (χ2n) is 5.83. The van der Waals surface area contributed by atoms with Crippen molar-refractivity contribution >= 4 is 5.97 Å². The third-order valence-corrected chi connectivity index (χ3v) is 3.18. The molecule has 0 bridgehead atoms. The van der Waals surface area contributed by atoms with E-state index in [4.69, 9.17) is 14.6 Å². The van der Waals surface area contributed by atoms with Crippen molar-refractivity contribution in [1.29, 1.82) is 0 Å². The molecule has 2 unspecified atom stereocenters. The van der Waals surface area contributed by atoms with Crippen LogP contribution in [0.15, 0.2) is 16.5 Å². The molecular formula is C14H23NO4.